The zero-order valence-corrected chi connectivity index (χ0v) is 10.9. The molecule has 1 amide bonds. The number of phenols is 1. The summed E-state index contributed by atoms with van der Waals surface area (Å²) >= 11 is 0. The molecule has 0 spiro atoms. The van der Waals surface area contributed by atoms with E-state index in [4.69, 9.17) is 4.74 Å². The molecular weight excluding hydrogens is 249 g/mol. The van der Waals surface area contributed by atoms with E-state index in [0.29, 0.717) is 6.54 Å². The van der Waals surface area contributed by atoms with Crippen LogP contribution in [0.3, 0.4) is 0 Å². The molecule has 1 saturated heterocycles. The Balaban J connectivity index is 2.01. The van der Waals surface area contributed by atoms with Gasteiger partial charge in [-0.1, -0.05) is 0 Å². The highest BCUT2D eigenvalue weighted by atomic mass is 19.1. The summed E-state index contributed by atoms with van der Waals surface area (Å²) < 4.78 is 18.4. The van der Waals surface area contributed by atoms with Crippen molar-refractivity contribution >= 4 is 5.91 Å². The molecule has 104 valence electrons. The summed E-state index contributed by atoms with van der Waals surface area (Å²) in [6, 6.07) is 3.40. The first-order chi connectivity index (χ1) is 9.08. The van der Waals surface area contributed by atoms with Gasteiger partial charge >= 0.3 is 0 Å². The second-order valence-corrected chi connectivity index (χ2v) is 4.84. The van der Waals surface area contributed by atoms with E-state index in [1.54, 1.807) is 7.05 Å². The smallest absolute Gasteiger partial charge is 0.257 e. The van der Waals surface area contributed by atoms with Crippen molar-refractivity contribution in [2.45, 2.75) is 25.4 Å². The highest BCUT2D eigenvalue weighted by molar-refractivity contribution is 5.96. The number of nitrogens with zero attached hydrogens (tertiary/aromatic N) is 1. The van der Waals surface area contributed by atoms with E-state index in [0.717, 1.165) is 38.0 Å². The van der Waals surface area contributed by atoms with E-state index >= 15 is 0 Å². The van der Waals surface area contributed by atoms with Gasteiger partial charge in [-0.2, -0.15) is 0 Å². The summed E-state index contributed by atoms with van der Waals surface area (Å²) in [6.45, 7) is 1.21. The Morgan fingerprint density at radius 3 is 2.95 bits per heavy atom. The number of aromatic hydroxyl groups is 1. The lowest BCUT2D eigenvalue weighted by Gasteiger charge is -2.27. The van der Waals surface area contributed by atoms with Gasteiger partial charge in [0.05, 0.1) is 11.7 Å². The predicted molar refractivity (Wildman–Crippen MR) is 68.6 cm³/mol. The summed E-state index contributed by atoms with van der Waals surface area (Å²) in [5.41, 5.74) is 0.111. The molecule has 1 aromatic rings. The van der Waals surface area contributed by atoms with Crippen LogP contribution in [0.2, 0.25) is 0 Å². The van der Waals surface area contributed by atoms with Crippen LogP contribution in [0.15, 0.2) is 18.2 Å². The number of likely N-dealkylation sites (N-methyl/N-ethyl adjacent to an activating group) is 1. The van der Waals surface area contributed by atoms with E-state index in [9.17, 15) is 14.3 Å². The van der Waals surface area contributed by atoms with Crippen molar-refractivity contribution in [1.29, 1.82) is 0 Å². The quantitative estimate of drug-likeness (QED) is 0.913. The summed E-state index contributed by atoms with van der Waals surface area (Å²) in [5, 5.41) is 9.60. The first-order valence-electron chi connectivity index (χ1n) is 6.43. The fourth-order valence-corrected chi connectivity index (χ4v) is 2.23. The second-order valence-electron chi connectivity index (χ2n) is 4.84. The molecule has 1 heterocycles. The fourth-order valence-electron chi connectivity index (χ4n) is 2.23. The third kappa shape index (κ3) is 3.44. The number of hydrogen-bond acceptors (Lipinski definition) is 3. The van der Waals surface area contributed by atoms with Gasteiger partial charge in [-0.25, -0.2) is 4.39 Å². The lowest BCUT2D eigenvalue weighted by atomic mass is 10.1. The third-order valence-electron chi connectivity index (χ3n) is 3.29. The fraction of sp³-hybridized carbons (Fsp3) is 0.500. The summed E-state index contributed by atoms with van der Waals surface area (Å²) in [7, 11) is 1.66. The lowest BCUT2D eigenvalue weighted by molar-refractivity contribution is -0.000241. The van der Waals surface area contributed by atoms with Gasteiger partial charge in [0.15, 0.2) is 0 Å². The molecule has 1 aliphatic heterocycles. The average molecular weight is 267 g/mol. The van der Waals surface area contributed by atoms with Crippen LogP contribution in [0.4, 0.5) is 4.39 Å². The van der Waals surface area contributed by atoms with Crippen molar-refractivity contribution in [1.82, 2.24) is 4.90 Å². The molecule has 1 unspecified atom stereocenters. The van der Waals surface area contributed by atoms with E-state index in [1.165, 1.54) is 11.0 Å². The van der Waals surface area contributed by atoms with Gasteiger partial charge in [-0.15, -0.1) is 0 Å². The number of carbonyl (C=O) groups excluding carboxylic acids is 1. The van der Waals surface area contributed by atoms with Crippen LogP contribution in [0.25, 0.3) is 0 Å². The van der Waals surface area contributed by atoms with E-state index in [-0.39, 0.29) is 23.3 Å². The van der Waals surface area contributed by atoms with Crippen LogP contribution in [-0.4, -0.2) is 42.2 Å². The van der Waals surface area contributed by atoms with Crippen LogP contribution < -0.4 is 0 Å². The minimum Gasteiger partial charge on any atom is -0.507 e. The highest BCUT2D eigenvalue weighted by Crippen LogP contribution is 2.20. The minimum atomic E-state index is -0.563. The second kappa shape index (κ2) is 6.02. The molecule has 0 saturated carbocycles. The largest absolute Gasteiger partial charge is 0.507 e. The molecule has 1 atom stereocenters. The summed E-state index contributed by atoms with van der Waals surface area (Å²) in [5.74, 6) is -1.22. The Labute approximate surface area is 111 Å². The maximum atomic E-state index is 12.9. The monoisotopic (exact) mass is 267 g/mol. The van der Waals surface area contributed by atoms with Crippen LogP contribution in [0, 0.1) is 5.82 Å². The first kappa shape index (κ1) is 13.8. The van der Waals surface area contributed by atoms with Gasteiger partial charge in [-0.3, -0.25) is 4.79 Å². The molecule has 1 fully saturated rings. The van der Waals surface area contributed by atoms with Crippen LogP contribution in [0.5, 0.6) is 5.75 Å². The molecule has 0 radical (unpaired) electrons. The van der Waals surface area contributed by atoms with Crippen molar-refractivity contribution in [3.8, 4) is 5.75 Å². The Bertz CT molecular complexity index is 458. The Morgan fingerprint density at radius 2 is 2.32 bits per heavy atom. The normalized spacial score (nSPS) is 19.2. The maximum Gasteiger partial charge on any atom is 0.257 e. The van der Waals surface area contributed by atoms with E-state index in [2.05, 4.69) is 0 Å². The van der Waals surface area contributed by atoms with Crippen LogP contribution >= 0.6 is 0 Å². The maximum absolute atomic E-state index is 12.9. The van der Waals surface area contributed by atoms with Gasteiger partial charge in [0.25, 0.3) is 5.91 Å². The van der Waals surface area contributed by atoms with Crippen molar-refractivity contribution in [3.05, 3.63) is 29.6 Å². The number of rotatable bonds is 3. The zero-order chi connectivity index (χ0) is 13.8. The SMILES string of the molecule is CN(CC1CCCCO1)C(=O)c1ccc(F)cc1O. The predicted octanol–water partition coefficient (Wildman–Crippen LogP) is 2.17. The molecule has 1 N–H and O–H groups in total. The number of phenolic OH excluding ortho intramolecular Hbond substituents is 1. The number of benzene rings is 1. The molecule has 19 heavy (non-hydrogen) atoms. The van der Waals surface area contributed by atoms with Gasteiger partial charge in [0.1, 0.15) is 11.6 Å². The minimum absolute atomic E-state index is 0.0466. The third-order valence-corrected chi connectivity index (χ3v) is 3.29. The molecule has 1 aromatic carbocycles. The number of hydrogen-bond donors (Lipinski definition) is 1. The molecule has 2 rings (SSSR count). The molecule has 1 aliphatic rings. The summed E-state index contributed by atoms with van der Waals surface area (Å²) in [6.07, 6.45) is 3.15. The van der Waals surface area contributed by atoms with E-state index in [1.807, 2.05) is 0 Å². The molecule has 0 aromatic heterocycles. The van der Waals surface area contributed by atoms with Gasteiger partial charge in [-0.05, 0) is 31.4 Å². The van der Waals surface area contributed by atoms with Gasteiger partial charge in [0.2, 0.25) is 0 Å². The zero-order valence-electron chi connectivity index (χ0n) is 10.9. The van der Waals surface area contributed by atoms with Crippen LogP contribution in [-0.2, 0) is 4.74 Å². The van der Waals surface area contributed by atoms with Crippen molar-refractivity contribution < 1.29 is 19.0 Å². The van der Waals surface area contributed by atoms with Crippen molar-refractivity contribution in [3.63, 3.8) is 0 Å². The topological polar surface area (TPSA) is 49.8 Å². The summed E-state index contributed by atoms with van der Waals surface area (Å²) in [4.78, 5) is 13.6. The van der Waals surface area contributed by atoms with Gasteiger partial charge in [0, 0.05) is 26.3 Å². The Morgan fingerprint density at radius 1 is 1.53 bits per heavy atom. The first-order valence-corrected chi connectivity index (χ1v) is 6.43. The van der Waals surface area contributed by atoms with Crippen LogP contribution in [0.1, 0.15) is 29.6 Å². The van der Waals surface area contributed by atoms with Crippen molar-refractivity contribution in [2.24, 2.45) is 0 Å². The highest BCUT2D eigenvalue weighted by Gasteiger charge is 2.21. The molecule has 4 nitrogen and oxygen atoms in total. The number of ether oxygens (including phenoxy) is 1. The number of carbonyl (C=O) groups is 1. The molecule has 0 bridgehead atoms. The van der Waals surface area contributed by atoms with Gasteiger partial charge < -0.3 is 14.7 Å². The molecular formula is C14H18FNO3. The molecule has 0 aliphatic carbocycles. The van der Waals surface area contributed by atoms with E-state index < -0.39 is 5.82 Å². The Kier molecular flexibility index (Phi) is 4.37. The molecule has 5 heteroatoms. The van der Waals surface area contributed by atoms with Crippen molar-refractivity contribution in [2.75, 3.05) is 20.2 Å². The number of amides is 1. The lowest BCUT2D eigenvalue weighted by Crippen LogP contribution is -2.37. The Hall–Kier alpha value is -1.62. The standard InChI is InChI=1S/C14H18FNO3/c1-16(9-11-4-2-3-7-19-11)14(18)12-6-5-10(15)8-13(12)17/h5-6,8,11,17H,2-4,7,9H2,1H3. The average Bonchev–Trinajstić information content (AvgIpc) is 2.39. The number of halogens is 1.